The summed E-state index contributed by atoms with van der Waals surface area (Å²) >= 11 is 0. The second kappa shape index (κ2) is 10.1. The highest BCUT2D eigenvalue weighted by Gasteiger charge is 2.21. The fourth-order valence-corrected chi connectivity index (χ4v) is 4.81. The number of azo groups is 2. The third-order valence-electron chi connectivity index (χ3n) is 5.96. The number of phenolic OH excluding ortho intramolecular Hbond substituents is 2. The summed E-state index contributed by atoms with van der Waals surface area (Å²) in [6, 6.07) is 18.8. The molecule has 5 aromatic carbocycles. The van der Waals surface area contributed by atoms with E-state index in [1.165, 1.54) is 36.4 Å². The zero-order valence-electron chi connectivity index (χ0n) is 20.2. The number of carboxylic acids is 1. The summed E-state index contributed by atoms with van der Waals surface area (Å²) < 4.78 is 33.7. The summed E-state index contributed by atoms with van der Waals surface area (Å²) in [5.41, 5.74) is 0.299. The molecule has 0 radical (unpaired) electrons. The van der Waals surface area contributed by atoms with E-state index in [2.05, 4.69) is 20.5 Å². The molecule has 5 N–H and O–H groups in total. The third kappa shape index (κ3) is 4.89. The van der Waals surface area contributed by atoms with Crippen LogP contribution in [0.4, 0.5) is 22.7 Å². The van der Waals surface area contributed by atoms with Crippen LogP contribution in [0.3, 0.4) is 0 Å². The smallest absolute Gasteiger partial charge is 0.339 e. The molecule has 0 spiro atoms. The van der Waals surface area contributed by atoms with Gasteiger partial charge in [-0.1, -0.05) is 36.4 Å². The number of carboxylic acid groups (broad SMARTS) is 1. The normalized spacial score (nSPS) is 12.1. The molecular formula is C27H18N4O8S. The summed E-state index contributed by atoms with van der Waals surface area (Å²) in [4.78, 5) is 10.7. The lowest BCUT2D eigenvalue weighted by Gasteiger charge is -2.10. The van der Waals surface area contributed by atoms with Gasteiger partial charge in [-0.2, -0.15) is 13.5 Å². The van der Waals surface area contributed by atoms with Crippen molar-refractivity contribution in [2.75, 3.05) is 0 Å². The van der Waals surface area contributed by atoms with Crippen molar-refractivity contribution in [1.82, 2.24) is 0 Å². The Kier molecular flexibility index (Phi) is 6.59. The Bertz CT molecular complexity index is 2010. The Morgan fingerprint density at radius 3 is 1.88 bits per heavy atom. The molecule has 200 valence electrons. The van der Waals surface area contributed by atoms with Gasteiger partial charge in [0.05, 0.1) is 22.4 Å². The van der Waals surface area contributed by atoms with E-state index in [1.54, 1.807) is 36.4 Å². The minimum atomic E-state index is -4.74. The number of hydrogen-bond acceptors (Lipinski definition) is 10. The molecule has 0 atom stereocenters. The summed E-state index contributed by atoms with van der Waals surface area (Å²) in [5, 5.41) is 57.2. The van der Waals surface area contributed by atoms with Crippen LogP contribution in [-0.2, 0) is 10.1 Å². The Labute approximate surface area is 225 Å². The summed E-state index contributed by atoms with van der Waals surface area (Å²) in [5.74, 6) is -2.66. The first-order chi connectivity index (χ1) is 19.0. The Morgan fingerprint density at radius 2 is 1.25 bits per heavy atom. The molecule has 0 fully saturated rings. The van der Waals surface area contributed by atoms with Gasteiger partial charge in [0.2, 0.25) is 0 Å². The fourth-order valence-electron chi connectivity index (χ4n) is 4.10. The third-order valence-corrected chi connectivity index (χ3v) is 6.85. The van der Waals surface area contributed by atoms with Crippen LogP contribution in [0.15, 0.2) is 104 Å². The van der Waals surface area contributed by atoms with Crippen LogP contribution >= 0.6 is 0 Å². The fraction of sp³-hybridized carbons (Fsp3) is 0. The second-order valence-electron chi connectivity index (χ2n) is 8.47. The van der Waals surface area contributed by atoms with Gasteiger partial charge in [-0.3, -0.25) is 4.55 Å². The Morgan fingerprint density at radius 1 is 0.650 bits per heavy atom. The monoisotopic (exact) mass is 558 g/mol. The second-order valence-corrected chi connectivity index (χ2v) is 9.86. The minimum Gasteiger partial charge on any atom is -0.507 e. The maximum atomic E-state index is 12.0. The van der Waals surface area contributed by atoms with Gasteiger partial charge in [0.1, 0.15) is 27.6 Å². The number of aromatic carboxylic acids is 1. The van der Waals surface area contributed by atoms with Crippen LogP contribution in [0, 0.1) is 0 Å². The van der Waals surface area contributed by atoms with E-state index in [-0.39, 0.29) is 27.7 Å². The highest BCUT2D eigenvalue weighted by molar-refractivity contribution is 7.86. The Balaban J connectivity index is 1.58. The SMILES string of the molecule is O=C(O)c1cc(N=Nc2ccc(N=Nc3cc(S(=O)(=O)O)c4cccc(O)c4c3O)c3ccccc23)ccc1O. The number of nitrogens with zero attached hydrogens (tertiary/aromatic N) is 4. The van der Waals surface area contributed by atoms with E-state index >= 15 is 0 Å². The molecule has 0 aromatic heterocycles. The summed E-state index contributed by atoms with van der Waals surface area (Å²) in [7, 11) is -4.74. The minimum absolute atomic E-state index is 0.0942. The van der Waals surface area contributed by atoms with Crippen LogP contribution in [0.2, 0.25) is 0 Å². The van der Waals surface area contributed by atoms with Crippen molar-refractivity contribution >= 4 is 60.4 Å². The number of benzene rings is 5. The lowest BCUT2D eigenvalue weighted by Crippen LogP contribution is -1.99. The van der Waals surface area contributed by atoms with Crippen molar-refractivity contribution < 1.29 is 38.2 Å². The van der Waals surface area contributed by atoms with E-state index in [0.29, 0.717) is 22.1 Å². The maximum absolute atomic E-state index is 12.0. The van der Waals surface area contributed by atoms with E-state index < -0.39 is 38.2 Å². The summed E-state index contributed by atoms with van der Waals surface area (Å²) in [6.07, 6.45) is 0. The van der Waals surface area contributed by atoms with Crippen LogP contribution in [0.1, 0.15) is 10.4 Å². The average molecular weight is 559 g/mol. The Hall–Kier alpha value is -5.40. The van der Waals surface area contributed by atoms with E-state index in [1.807, 2.05) is 0 Å². The predicted molar refractivity (Wildman–Crippen MR) is 144 cm³/mol. The molecule has 13 heteroatoms. The molecule has 0 aliphatic heterocycles. The number of phenols is 3. The van der Waals surface area contributed by atoms with Crippen LogP contribution in [0.5, 0.6) is 17.2 Å². The van der Waals surface area contributed by atoms with E-state index in [0.717, 1.165) is 6.07 Å². The zero-order chi connectivity index (χ0) is 28.6. The molecule has 0 unspecified atom stereocenters. The molecule has 0 bridgehead atoms. The molecule has 12 nitrogen and oxygen atoms in total. The average Bonchev–Trinajstić information content (AvgIpc) is 2.91. The van der Waals surface area contributed by atoms with E-state index in [4.69, 9.17) is 0 Å². The van der Waals surface area contributed by atoms with Gasteiger partial charge in [-0.05, 0) is 42.5 Å². The van der Waals surface area contributed by atoms with Gasteiger partial charge < -0.3 is 20.4 Å². The van der Waals surface area contributed by atoms with Crippen molar-refractivity contribution in [1.29, 1.82) is 0 Å². The van der Waals surface area contributed by atoms with Crippen molar-refractivity contribution in [3.8, 4) is 17.2 Å². The number of aromatic hydroxyl groups is 3. The zero-order valence-corrected chi connectivity index (χ0v) is 21.0. The largest absolute Gasteiger partial charge is 0.507 e. The van der Waals surface area contributed by atoms with Crippen molar-refractivity contribution in [3.05, 3.63) is 84.4 Å². The summed E-state index contributed by atoms with van der Waals surface area (Å²) in [6.45, 7) is 0. The topological polar surface area (TPSA) is 202 Å². The van der Waals surface area contributed by atoms with Crippen molar-refractivity contribution in [3.63, 3.8) is 0 Å². The molecule has 0 amide bonds. The van der Waals surface area contributed by atoms with Gasteiger partial charge in [-0.25, -0.2) is 4.79 Å². The first-order valence-electron chi connectivity index (χ1n) is 11.4. The molecule has 0 saturated heterocycles. The molecule has 5 aromatic rings. The van der Waals surface area contributed by atoms with Gasteiger partial charge in [0.25, 0.3) is 10.1 Å². The highest BCUT2D eigenvalue weighted by Crippen LogP contribution is 2.44. The molecule has 5 rings (SSSR count). The van der Waals surface area contributed by atoms with Crippen molar-refractivity contribution in [2.45, 2.75) is 4.90 Å². The quantitative estimate of drug-likeness (QED) is 0.109. The first-order valence-corrected chi connectivity index (χ1v) is 12.9. The molecular weight excluding hydrogens is 540 g/mol. The first kappa shape index (κ1) is 26.2. The lowest BCUT2D eigenvalue weighted by molar-refractivity contribution is 0.0693. The lowest BCUT2D eigenvalue weighted by atomic mass is 10.1. The number of hydrogen-bond donors (Lipinski definition) is 5. The van der Waals surface area contributed by atoms with Crippen LogP contribution < -0.4 is 0 Å². The number of rotatable bonds is 6. The molecule has 0 aliphatic rings. The van der Waals surface area contributed by atoms with Gasteiger partial charge >= 0.3 is 5.97 Å². The van der Waals surface area contributed by atoms with Gasteiger partial charge in [-0.15, -0.1) is 15.3 Å². The molecule has 0 heterocycles. The van der Waals surface area contributed by atoms with Crippen LogP contribution in [-0.4, -0.2) is 39.4 Å². The van der Waals surface area contributed by atoms with Gasteiger partial charge in [0.15, 0.2) is 5.75 Å². The highest BCUT2D eigenvalue weighted by atomic mass is 32.2. The maximum Gasteiger partial charge on any atom is 0.339 e. The van der Waals surface area contributed by atoms with Gasteiger partial charge in [0, 0.05) is 16.2 Å². The van der Waals surface area contributed by atoms with Crippen molar-refractivity contribution in [2.24, 2.45) is 20.5 Å². The molecule has 40 heavy (non-hydrogen) atoms. The number of fused-ring (bicyclic) bond motifs is 2. The van der Waals surface area contributed by atoms with Crippen LogP contribution in [0.25, 0.3) is 21.5 Å². The molecule has 0 aliphatic carbocycles. The van der Waals surface area contributed by atoms with E-state index in [9.17, 15) is 38.2 Å². The molecule has 0 saturated carbocycles. The standard InChI is InChI=1S/C27H18N4O8S/c32-22-11-8-14(12-18(22)27(35)36)28-29-19-9-10-20(16-5-2-1-4-15(16)19)30-31-21-13-24(40(37,38)39)17-6-3-7-23(33)25(17)26(21)34/h1-13,32-34H,(H,35,36)(H,37,38,39). The number of carbonyl (C=O) groups is 1. The predicted octanol–water partition coefficient (Wildman–Crippen LogP) is 6.89.